The predicted octanol–water partition coefficient (Wildman–Crippen LogP) is 5.34. The number of amides is 1. The van der Waals surface area contributed by atoms with E-state index in [1.165, 1.54) is 17.3 Å². The molecule has 146 valence electrons. The molecule has 1 amide bonds. The third-order valence-electron chi connectivity index (χ3n) is 4.38. The van der Waals surface area contributed by atoms with Crippen molar-refractivity contribution in [3.8, 4) is 16.4 Å². The van der Waals surface area contributed by atoms with Gasteiger partial charge in [0, 0.05) is 11.4 Å². The van der Waals surface area contributed by atoms with Gasteiger partial charge < -0.3 is 5.32 Å². The largest absolute Gasteiger partial charge is 0.325 e. The highest BCUT2D eigenvalue weighted by atomic mass is 32.2. The van der Waals surface area contributed by atoms with Crippen LogP contribution in [0, 0.1) is 13.8 Å². The first-order valence-corrected chi connectivity index (χ1v) is 11.0. The SMILES string of the molecule is Cc1ccc(NC(=O)CSc2nnc(-c3cccs3)n2-c2ccccc2)c(C)c1. The first-order chi connectivity index (χ1) is 14.1. The molecule has 7 heteroatoms. The summed E-state index contributed by atoms with van der Waals surface area (Å²) in [5.74, 6) is 0.966. The average molecular weight is 421 g/mol. The Balaban J connectivity index is 1.55. The molecule has 2 aromatic heterocycles. The molecule has 5 nitrogen and oxygen atoms in total. The van der Waals surface area contributed by atoms with Crippen molar-refractivity contribution in [3.63, 3.8) is 0 Å². The summed E-state index contributed by atoms with van der Waals surface area (Å²) in [6.07, 6.45) is 0. The Kier molecular flexibility index (Phi) is 5.78. The van der Waals surface area contributed by atoms with Gasteiger partial charge in [0.25, 0.3) is 0 Å². The van der Waals surface area contributed by atoms with Gasteiger partial charge in [-0.3, -0.25) is 9.36 Å². The van der Waals surface area contributed by atoms with E-state index < -0.39 is 0 Å². The fraction of sp³-hybridized carbons (Fsp3) is 0.136. The molecule has 4 rings (SSSR count). The molecular weight excluding hydrogens is 400 g/mol. The number of carbonyl (C=O) groups excluding carboxylic acids is 1. The van der Waals surface area contributed by atoms with E-state index in [-0.39, 0.29) is 11.7 Å². The van der Waals surface area contributed by atoms with Gasteiger partial charge in [0.15, 0.2) is 11.0 Å². The lowest BCUT2D eigenvalue weighted by molar-refractivity contribution is -0.113. The summed E-state index contributed by atoms with van der Waals surface area (Å²) in [6, 6.07) is 20.0. The smallest absolute Gasteiger partial charge is 0.234 e. The molecule has 4 aromatic rings. The van der Waals surface area contributed by atoms with Crippen molar-refractivity contribution < 1.29 is 4.79 Å². The number of carbonyl (C=O) groups is 1. The van der Waals surface area contributed by atoms with Crippen LogP contribution in [0.3, 0.4) is 0 Å². The number of thiophene rings is 1. The molecule has 2 heterocycles. The summed E-state index contributed by atoms with van der Waals surface area (Å²) in [6.45, 7) is 4.03. The van der Waals surface area contributed by atoms with Crippen LogP contribution in [0.2, 0.25) is 0 Å². The molecule has 0 aliphatic rings. The van der Waals surface area contributed by atoms with Crippen molar-refractivity contribution in [1.82, 2.24) is 14.8 Å². The highest BCUT2D eigenvalue weighted by Gasteiger charge is 2.18. The van der Waals surface area contributed by atoms with Crippen molar-refractivity contribution in [3.05, 3.63) is 77.2 Å². The number of anilines is 1. The van der Waals surface area contributed by atoms with Gasteiger partial charge in [-0.15, -0.1) is 21.5 Å². The zero-order valence-electron chi connectivity index (χ0n) is 16.1. The Morgan fingerprint density at radius 2 is 1.90 bits per heavy atom. The lowest BCUT2D eigenvalue weighted by Gasteiger charge is -2.10. The van der Waals surface area contributed by atoms with Gasteiger partial charge in [0.05, 0.1) is 10.6 Å². The topological polar surface area (TPSA) is 59.8 Å². The van der Waals surface area contributed by atoms with Gasteiger partial charge in [-0.05, 0) is 49.1 Å². The lowest BCUT2D eigenvalue weighted by atomic mass is 10.1. The fourth-order valence-corrected chi connectivity index (χ4v) is 4.46. The molecule has 0 saturated carbocycles. The van der Waals surface area contributed by atoms with Crippen LogP contribution in [0.25, 0.3) is 16.4 Å². The molecule has 2 aromatic carbocycles. The molecule has 1 N–H and O–H groups in total. The number of hydrogen-bond acceptors (Lipinski definition) is 5. The highest BCUT2D eigenvalue weighted by molar-refractivity contribution is 7.99. The van der Waals surface area contributed by atoms with E-state index >= 15 is 0 Å². The zero-order chi connectivity index (χ0) is 20.2. The van der Waals surface area contributed by atoms with Gasteiger partial charge in [-0.2, -0.15) is 0 Å². The van der Waals surface area contributed by atoms with Crippen LogP contribution in [0.15, 0.2) is 71.2 Å². The predicted molar refractivity (Wildman–Crippen MR) is 120 cm³/mol. The van der Waals surface area contributed by atoms with Crippen LogP contribution in [0.1, 0.15) is 11.1 Å². The van der Waals surface area contributed by atoms with Crippen molar-refractivity contribution >= 4 is 34.7 Å². The number of aryl methyl sites for hydroxylation is 2. The Labute approximate surface area is 177 Å². The summed E-state index contributed by atoms with van der Waals surface area (Å²) in [5.41, 5.74) is 4.03. The summed E-state index contributed by atoms with van der Waals surface area (Å²) < 4.78 is 2.00. The molecular formula is C22H20N4OS2. The standard InChI is InChI=1S/C22H20N4OS2/c1-15-10-11-18(16(2)13-15)23-20(27)14-29-22-25-24-21(19-9-6-12-28-19)26(22)17-7-4-3-5-8-17/h3-13H,14H2,1-2H3,(H,23,27). The van der Waals surface area contributed by atoms with Crippen molar-refractivity contribution in [2.75, 3.05) is 11.1 Å². The van der Waals surface area contributed by atoms with Crippen LogP contribution in [-0.4, -0.2) is 26.4 Å². The molecule has 29 heavy (non-hydrogen) atoms. The van der Waals surface area contributed by atoms with Gasteiger partial charge >= 0.3 is 0 Å². The minimum Gasteiger partial charge on any atom is -0.325 e. The molecule has 0 fully saturated rings. The van der Waals surface area contributed by atoms with E-state index in [1.54, 1.807) is 11.3 Å². The minimum absolute atomic E-state index is 0.0674. The first kappa shape index (κ1) is 19.4. The molecule has 0 saturated heterocycles. The Hall–Kier alpha value is -2.90. The third-order valence-corrected chi connectivity index (χ3v) is 6.17. The van der Waals surface area contributed by atoms with Gasteiger partial charge in [-0.1, -0.05) is 53.7 Å². The first-order valence-electron chi connectivity index (χ1n) is 9.16. The molecule has 0 atom stereocenters. The Morgan fingerprint density at radius 3 is 2.62 bits per heavy atom. The molecule has 0 bridgehead atoms. The average Bonchev–Trinajstić information content (AvgIpc) is 3.38. The van der Waals surface area contributed by atoms with Gasteiger partial charge in [0.1, 0.15) is 0 Å². The quantitative estimate of drug-likeness (QED) is 0.428. The molecule has 0 aliphatic heterocycles. The maximum atomic E-state index is 12.5. The summed E-state index contributed by atoms with van der Waals surface area (Å²) in [7, 11) is 0. The number of aromatic nitrogens is 3. The maximum Gasteiger partial charge on any atom is 0.234 e. The fourth-order valence-electron chi connectivity index (χ4n) is 3.01. The Bertz CT molecular complexity index is 1120. The number of thioether (sulfide) groups is 1. The van der Waals surface area contributed by atoms with Crippen molar-refractivity contribution in [2.24, 2.45) is 0 Å². The summed E-state index contributed by atoms with van der Waals surface area (Å²) in [5, 5.41) is 14.4. The third kappa shape index (κ3) is 4.41. The lowest BCUT2D eigenvalue weighted by Crippen LogP contribution is -2.15. The van der Waals surface area contributed by atoms with E-state index in [2.05, 4.69) is 21.6 Å². The number of hydrogen-bond donors (Lipinski definition) is 1. The van der Waals surface area contributed by atoms with Crippen LogP contribution in [0.4, 0.5) is 5.69 Å². The number of nitrogens with one attached hydrogen (secondary N) is 1. The second-order valence-electron chi connectivity index (χ2n) is 6.61. The number of benzene rings is 2. The highest BCUT2D eigenvalue weighted by Crippen LogP contribution is 2.30. The van der Waals surface area contributed by atoms with E-state index in [0.717, 1.165) is 27.6 Å². The van der Waals surface area contributed by atoms with Crippen molar-refractivity contribution in [1.29, 1.82) is 0 Å². The second-order valence-corrected chi connectivity index (χ2v) is 8.50. The number of rotatable bonds is 6. The molecule has 0 unspecified atom stereocenters. The second kappa shape index (κ2) is 8.63. The van der Waals surface area contributed by atoms with E-state index in [0.29, 0.717) is 5.16 Å². The van der Waals surface area contributed by atoms with Crippen LogP contribution < -0.4 is 5.32 Å². The van der Waals surface area contributed by atoms with E-state index in [1.807, 2.05) is 78.4 Å². The number of para-hydroxylation sites is 1. The van der Waals surface area contributed by atoms with Crippen LogP contribution in [0.5, 0.6) is 0 Å². The molecule has 0 spiro atoms. The summed E-state index contributed by atoms with van der Waals surface area (Å²) in [4.78, 5) is 13.6. The zero-order valence-corrected chi connectivity index (χ0v) is 17.8. The maximum absolute atomic E-state index is 12.5. The number of nitrogens with zero attached hydrogens (tertiary/aromatic N) is 3. The van der Waals surface area contributed by atoms with E-state index in [9.17, 15) is 4.79 Å². The molecule has 0 radical (unpaired) electrons. The monoisotopic (exact) mass is 420 g/mol. The van der Waals surface area contributed by atoms with Gasteiger partial charge in [0.2, 0.25) is 5.91 Å². The summed E-state index contributed by atoms with van der Waals surface area (Å²) >= 11 is 2.99. The normalized spacial score (nSPS) is 10.8. The molecule has 0 aliphatic carbocycles. The minimum atomic E-state index is -0.0674. The van der Waals surface area contributed by atoms with E-state index in [4.69, 9.17) is 0 Å². The van der Waals surface area contributed by atoms with Gasteiger partial charge in [-0.25, -0.2) is 0 Å². The van der Waals surface area contributed by atoms with Crippen LogP contribution >= 0.6 is 23.1 Å². The Morgan fingerprint density at radius 1 is 1.07 bits per heavy atom. The van der Waals surface area contributed by atoms with Crippen LogP contribution in [-0.2, 0) is 4.79 Å². The van der Waals surface area contributed by atoms with Crippen molar-refractivity contribution in [2.45, 2.75) is 19.0 Å².